The van der Waals surface area contributed by atoms with Crippen molar-refractivity contribution >= 4 is 10.9 Å². The number of aromatic nitrogens is 5. The molecule has 6 heterocycles. The van der Waals surface area contributed by atoms with Crippen molar-refractivity contribution in [1.29, 1.82) is 0 Å². The van der Waals surface area contributed by atoms with Crippen LogP contribution in [0, 0.1) is 5.92 Å². The lowest BCUT2D eigenvalue weighted by atomic mass is 10.0. The summed E-state index contributed by atoms with van der Waals surface area (Å²) in [6, 6.07) is 27.2. The van der Waals surface area contributed by atoms with Gasteiger partial charge in [0.1, 0.15) is 17.4 Å². The highest BCUT2D eigenvalue weighted by molar-refractivity contribution is 5.92. The molecule has 3 aliphatic rings. The maximum Gasteiger partial charge on any atom is 0.203 e. The van der Waals surface area contributed by atoms with Crippen LogP contribution in [0.25, 0.3) is 44.7 Å². The van der Waals surface area contributed by atoms with Gasteiger partial charge in [-0.25, -0.2) is 9.97 Å². The molecule has 238 valence electrons. The van der Waals surface area contributed by atoms with Crippen molar-refractivity contribution in [2.45, 2.75) is 70.3 Å². The average Bonchev–Trinajstić information content (AvgIpc) is 3.93. The lowest BCUT2D eigenvalue weighted by Gasteiger charge is -2.30. The fourth-order valence-electron chi connectivity index (χ4n) is 7.90. The fraction of sp³-hybridized carbons (Fsp3) is 0.333. The Morgan fingerprint density at radius 1 is 0.830 bits per heavy atom. The maximum absolute atomic E-state index is 6.90. The van der Waals surface area contributed by atoms with Crippen molar-refractivity contribution < 1.29 is 4.74 Å². The second-order valence-corrected chi connectivity index (χ2v) is 13.9. The van der Waals surface area contributed by atoms with Crippen LogP contribution >= 0.6 is 0 Å². The van der Waals surface area contributed by atoms with Gasteiger partial charge in [0.05, 0.1) is 47.1 Å². The highest BCUT2D eigenvalue weighted by Gasteiger charge is 2.31. The smallest absolute Gasteiger partial charge is 0.203 e. The van der Waals surface area contributed by atoms with E-state index in [0.717, 1.165) is 81.6 Å². The molecule has 0 amide bonds. The SMILES string of the molecule is CC(C)CC1CCC(c2ncc(-c3ccc4c(c3)OC(c3ccccc3)n3c-4cc4cc(-c5cnc(C6CCCN6)[nH]5)ccc43)[nH]2)N1. The number of imidazole rings is 2. The van der Waals surface area contributed by atoms with Crippen molar-refractivity contribution in [1.82, 2.24) is 35.1 Å². The molecule has 0 aliphatic carbocycles. The van der Waals surface area contributed by atoms with E-state index in [4.69, 9.17) is 14.7 Å². The zero-order chi connectivity index (χ0) is 31.5. The lowest BCUT2D eigenvalue weighted by molar-refractivity contribution is 0.173. The summed E-state index contributed by atoms with van der Waals surface area (Å²) in [6.07, 6.45) is 9.47. The van der Waals surface area contributed by atoms with Crippen molar-refractivity contribution in [3.63, 3.8) is 0 Å². The minimum atomic E-state index is -0.289. The van der Waals surface area contributed by atoms with E-state index in [-0.39, 0.29) is 12.3 Å². The van der Waals surface area contributed by atoms with E-state index in [2.05, 4.69) is 112 Å². The van der Waals surface area contributed by atoms with E-state index in [1.807, 2.05) is 12.4 Å². The Labute approximate surface area is 275 Å². The van der Waals surface area contributed by atoms with Crippen LogP contribution in [0.5, 0.6) is 5.75 Å². The summed E-state index contributed by atoms with van der Waals surface area (Å²) < 4.78 is 9.24. The predicted octanol–water partition coefficient (Wildman–Crippen LogP) is 8.29. The number of hydrogen-bond donors (Lipinski definition) is 4. The number of aromatic amines is 2. The molecule has 4 N–H and O–H groups in total. The van der Waals surface area contributed by atoms with E-state index in [1.54, 1.807) is 0 Å². The highest BCUT2D eigenvalue weighted by atomic mass is 16.5. The molecule has 0 bridgehead atoms. The van der Waals surface area contributed by atoms with Gasteiger partial charge in [-0.05, 0) is 74.9 Å². The summed E-state index contributed by atoms with van der Waals surface area (Å²) in [6.45, 7) is 5.64. The van der Waals surface area contributed by atoms with Crippen LogP contribution in [-0.4, -0.2) is 37.1 Å². The molecule has 3 aliphatic heterocycles. The third-order valence-electron chi connectivity index (χ3n) is 10.2. The number of fused-ring (bicyclic) bond motifs is 5. The zero-order valence-electron chi connectivity index (χ0n) is 27.0. The summed E-state index contributed by atoms with van der Waals surface area (Å²) in [5.41, 5.74) is 8.75. The van der Waals surface area contributed by atoms with Crippen molar-refractivity contribution in [3.05, 3.63) is 102 Å². The van der Waals surface area contributed by atoms with E-state index < -0.39 is 0 Å². The Bertz CT molecular complexity index is 2050. The minimum absolute atomic E-state index is 0.275. The molecule has 8 heteroatoms. The third-order valence-corrected chi connectivity index (χ3v) is 10.2. The Kier molecular flexibility index (Phi) is 7.01. The normalized spacial score (nSPS) is 22.1. The largest absolute Gasteiger partial charge is 0.465 e. The molecule has 0 spiro atoms. The van der Waals surface area contributed by atoms with Gasteiger partial charge < -0.3 is 29.9 Å². The molecule has 4 atom stereocenters. The first kappa shape index (κ1) is 28.6. The van der Waals surface area contributed by atoms with Gasteiger partial charge in [-0.3, -0.25) is 0 Å². The zero-order valence-corrected chi connectivity index (χ0v) is 27.0. The highest BCUT2D eigenvalue weighted by Crippen LogP contribution is 2.46. The molecule has 0 radical (unpaired) electrons. The number of rotatable bonds is 7. The van der Waals surface area contributed by atoms with E-state index in [9.17, 15) is 0 Å². The van der Waals surface area contributed by atoms with Crippen molar-refractivity contribution in [2.75, 3.05) is 6.54 Å². The average molecular weight is 624 g/mol. The predicted molar refractivity (Wildman–Crippen MR) is 186 cm³/mol. The Morgan fingerprint density at radius 2 is 1.60 bits per heavy atom. The molecule has 47 heavy (non-hydrogen) atoms. The Hall–Kier alpha value is -4.66. The molecular formula is C39H41N7O. The Balaban J connectivity index is 1.07. The first-order valence-corrected chi connectivity index (χ1v) is 17.2. The van der Waals surface area contributed by atoms with Crippen LogP contribution in [0.4, 0.5) is 0 Å². The molecular weight excluding hydrogens is 582 g/mol. The number of ether oxygens (including phenoxy) is 1. The molecule has 8 nitrogen and oxygen atoms in total. The van der Waals surface area contributed by atoms with Crippen LogP contribution in [0.3, 0.4) is 0 Å². The van der Waals surface area contributed by atoms with Crippen LogP contribution in [0.2, 0.25) is 0 Å². The van der Waals surface area contributed by atoms with E-state index in [1.165, 1.54) is 24.6 Å². The maximum atomic E-state index is 6.90. The first-order chi connectivity index (χ1) is 23.1. The van der Waals surface area contributed by atoms with Gasteiger partial charge in [0.15, 0.2) is 0 Å². The summed E-state index contributed by atoms with van der Waals surface area (Å²) in [7, 11) is 0. The fourth-order valence-corrected chi connectivity index (χ4v) is 7.90. The van der Waals surface area contributed by atoms with Gasteiger partial charge in [-0.15, -0.1) is 0 Å². The second-order valence-electron chi connectivity index (χ2n) is 13.9. The van der Waals surface area contributed by atoms with Gasteiger partial charge in [0, 0.05) is 33.7 Å². The lowest BCUT2D eigenvalue weighted by Crippen LogP contribution is -2.26. The first-order valence-electron chi connectivity index (χ1n) is 17.2. The molecule has 4 unspecified atom stereocenters. The van der Waals surface area contributed by atoms with Crippen LogP contribution in [0.15, 0.2) is 85.2 Å². The Morgan fingerprint density at radius 3 is 2.36 bits per heavy atom. The molecule has 0 saturated carbocycles. The third kappa shape index (κ3) is 5.16. The van der Waals surface area contributed by atoms with Crippen molar-refractivity contribution in [2.24, 2.45) is 5.92 Å². The number of nitrogens with one attached hydrogen (secondary N) is 4. The molecule has 3 aromatic carbocycles. The monoisotopic (exact) mass is 623 g/mol. The van der Waals surface area contributed by atoms with Gasteiger partial charge in [-0.1, -0.05) is 56.3 Å². The van der Waals surface area contributed by atoms with Gasteiger partial charge >= 0.3 is 0 Å². The standard InChI is InChI=1S/C39H41N7O/c1-23(2)17-28-12-14-31(43-28)38-42-22-33(45-38)26-10-13-29-35-19-27-18-25(32-21-41-37(44-32)30-9-6-16-40-30)11-15-34(27)46(35)39(47-36(29)20-26)24-7-4-3-5-8-24/h3-5,7-8,10-11,13,15,18-23,28,30-31,39-40,43H,6,9,12,14,16-17H2,1-2H3,(H,41,44)(H,42,45). The minimum Gasteiger partial charge on any atom is -0.465 e. The van der Waals surface area contributed by atoms with Gasteiger partial charge in [-0.2, -0.15) is 0 Å². The topological polar surface area (TPSA) is 95.6 Å². The van der Waals surface area contributed by atoms with Crippen LogP contribution in [-0.2, 0) is 0 Å². The molecule has 2 fully saturated rings. The number of hydrogen-bond acceptors (Lipinski definition) is 5. The van der Waals surface area contributed by atoms with Gasteiger partial charge in [0.2, 0.25) is 6.23 Å². The molecule has 3 aromatic heterocycles. The summed E-state index contributed by atoms with van der Waals surface area (Å²) in [5, 5.41) is 8.52. The quantitative estimate of drug-likeness (QED) is 0.144. The van der Waals surface area contributed by atoms with E-state index >= 15 is 0 Å². The summed E-state index contributed by atoms with van der Waals surface area (Å²) in [5.74, 6) is 3.61. The number of H-pyrrole nitrogens is 2. The van der Waals surface area contributed by atoms with Crippen LogP contribution in [0.1, 0.15) is 81.5 Å². The summed E-state index contributed by atoms with van der Waals surface area (Å²) >= 11 is 0. The number of nitrogens with zero attached hydrogens (tertiary/aromatic N) is 3. The van der Waals surface area contributed by atoms with E-state index in [0.29, 0.717) is 18.0 Å². The molecule has 6 aromatic rings. The van der Waals surface area contributed by atoms with Crippen LogP contribution < -0.4 is 15.4 Å². The molecule has 9 rings (SSSR count). The van der Waals surface area contributed by atoms with Gasteiger partial charge in [0.25, 0.3) is 0 Å². The summed E-state index contributed by atoms with van der Waals surface area (Å²) in [4.78, 5) is 16.7. The number of benzene rings is 3. The van der Waals surface area contributed by atoms with Crippen molar-refractivity contribution in [3.8, 4) is 39.5 Å². The molecule has 2 saturated heterocycles. The second kappa shape index (κ2) is 11.5.